The van der Waals surface area contributed by atoms with Crippen LogP contribution < -0.4 is 15.6 Å². The van der Waals surface area contributed by atoms with E-state index in [4.69, 9.17) is 12.2 Å². The highest BCUT2D eigenvalue weighted by Crippen LogP contribution is 2.24. The third-order valence-corrected chi connectivity index (χ3v) is 4.94. The third-order valence-electron chi connectivity index (χ3n) is 4.71. The van der Waals surface area contributed by atoms with Gasteiger partial charge in [0.05, 0.1) is 18.5 Å². The number of benzene rings is 1. The van der Waals surface area contributed by atoms with Crippen LogP contribution in [0.2, 0.25) is 0 Å². The maximum absolute atomic E-state index is 14.4. The number of hydrogen-bond acceptors (Lipinski definition) is 5. The van der Waals surface area contributed by atoms with E-state index in [1.54, 1.807) is 0 Å². The number of unbranched alkanes of at least 4 members (excludes halogenated alkanes) is 2. The molecular weight excluding hydrogens is 379 g/mol. The number of esters is 1. The summed E-state index contributed by atoms with van der Waals surface area (Å²) in [4.78, 5) is 13.1. The predicted molar refractivity (Wildman–Crippen MR) is 114 cm³/mol. The zero-order chi connectivity index (χ0) is 20.4. The molecule has 0 aromatic heterocycles. The fourth-order valence-electron chi connectivity index (χ4n) is 3.06. The van der Waals surface area contributed by atoms with Crippen LogP contribution >= 0.6 is 12.2 Å². The molecule has 2 rings (SSSR count). The van der Waals surface area contributed by atoms with Crippen molar-refractivity contribution in [1.29, 1.82) is 0 Å². The first-order valence-electron chi connectivity index (χ1n) is 9.71. The number of nitrogens with zero attached hydrogens (tertiary/aromatic N) is 2. The van der Waals surface area contributed by atoms with E-state index in [1.807, 2.05) is 19.1 Å². The number of hydrazone groups is 1. The minimum absolute atomic E-state index is 0.181. The lowest BCUT2D eigenvalue weighted by atomic mass is 10.1. The number of thiocarbonyl (C=S) groups is 1. The summed E-state index contributed by atoms with van der Waals surface area (Å²) in [6.45, 7) is 4.33. The van der Waals surface area contributed by atoms with Crippen molar-refractivity contribution >= 4 is 34.7 Å². The first-order chi connectivity index (χ1) is 13.5. The number of halogens is 1. The highest BCUT2D eigenvalue weighted by molar-refractivity contribution is 7.80. The molecule has 1 fully saturated rings. The Hall–Kier alpha value is -2.22. The zero-order valence-electron chi connectivity index (χ0n) is 16.6. The lowest BCUT2D eigenvalue weighted by Crippen LogP contribution is -2.33. The lowest BCUT2D eigenvalue weighted by molar-refractivity contribution is -0.140. The number of anilines is 1. The number of ether oxygens (including phenoxy) is 1. The molecule has 6 nitrogen and oxygen atoms in total. The van der Waals surface area contributed by atoms with Crippen molar-refractivity contribution in [3.8, 4) is 0 Å². The topological polar surface area (TPSA) is 66.0 Å². The van der Waals surface area contributed by atoms with Crippen LogP contribution in [0.15, 0.2) is 23.3 Å². The SMILES string of the molecule is COC(=O)CCCCCNC(=S)N/N=C(/C)c1ccc(N2CCCC2)c(F)c1. The Kier molecular flexibility index (Phi) is 9.13. The Bertz CT molecular complexity index is 705. The van der Waals surface area contributed by atoms with E-state index >= 15 is 0 Å². The number of carbonyl (C=O) groups excluding carboxylic acids is 1. The van der Waals surface area contributed by atoms with Gasteiger partial charge >= 0.3 is 5.97 Å². The van der Waals surface area contributed by atoms with Gasteiger partial charge < -0.3 is 15.0 Å². The molecule has 0 saturated carbocycles. The van der Waals surface area contributed by atoms with Crippen molar-refractivity contribution in [3.63, 3.8) is 0 Å². The van der Waals surface area contributed by atoms with E-state index in [-0.39, 0.29) is 11.8 Å². The van der Waals surface area contributed by atoms with Crippen molar-refractivity contribution < 1.29 is 13.9 Å². The Morgan fingerprint density at radius 1 is 1.29 bits per heavy atom. The highest BCUT2D eigenvalue weighted by atomic mass is 32.1. The summed E-state index contributed by atoms with van der Waals surface area (Å²) in [7, 11) is 1.40. The van der Waals surface area contributed by atoms with E-state index in [2.05, 4.69) is 25.5 Å². The maximum atomic E-state index is 14.4. The lowest BCUT2D eigenvalue weighted by Gasteiger charge is -2.18. The van der Waals surface area contributed by atoms with E-state index in [0.29, 0.717) is 29.5 Å². The second-order valence-electron chi connectivity index (χ2n) is 6.81. The number of hydrogen-bond donors (Lipinski definition) is 2. The van der Waals surface area contributed by atoms with Gasteiger partial charge in [0.15, 0.2) is 5.11 Å². The fraction of sp³-hybridized carbons (Fsp3) is 0.550. The van der Waals surface area contributed by atoms with Gasteiger partial charge in [0.2, 0.25) is 0 Å². The second kappa shape index (κ2) is 11.6. The molecule has 28 heavy (non-hydrogen) atoms. The number of carbonyl (C=O) groups is 1. The molecular formula is C20H29FN4O2S. The molecule has 0 spiro atoms. The molecule has 1 aromatic carbocycles. The summed E-state index contributed by atoms with van der Waals surface area (Å²) in [5.74, 6) is -0.401. The molecule has 0 unspecified atom stereocenters. The quantitative estimate of drug-likeness (QED) is 0.215. The Morgan fingerprint density at radius 2 is 2.04 bits per heavy atom. The fourth-order valence-corrected chi connectivity index (χ4v) is 3.21. The molecule has 0 radical (unpaired) electrons. The van der Waals surface area contributed by atoms with Gasteiger partial charge in [-0.3, -0.25) is 10.2 Å². The summed E-state index contributed by atoms with van der Waals surface area (Å²) in [6, 6.07) is 5.22. The average Bonchev–Trinajstić information content (AvgIpc) is 3.22. The van der Waals surface area contributed by atoms with E-state index < -0.39 is 0 Å². The monoisotopic (exact) mass is 408 g/mol. The van der Waals surface area contributed by atoms with Crippen LogP contribution in [0.5, 0.6) is 0 Å². The van der Waals surface area contributed by atoms with E-state index in [0.717, 1.165) is 50.8 Å². The molecule has 1 aliphatic rings. The third kappa shape index (κ3) is 7.07. The van der Waals surface area contributed by atoms with Gasteiger partial charge in [0, 0.05) is 31.6 Å². The summed E-state index contributed by atoms with van der Waals surface area (Å²) < 4.78 is 19.0. The van der Waals surface area contributed by atoms with Crippen LogP contribution in [0.3, 0.4) is 0 Å². The molecule has 1 aliphatic heterocycles. The Labute approximate surface area is 171 Å². The van der Waals surface area contributed by atoms with Crippen LogP contribution in [-0.2, 0) is 9.53 Å². The van der Waals surface area contributed by atoms with Crippen molar-refractivity contribution in [2.45, 2.75) is 45.4 Å². The molecule has 0 bridgehead atoms. The highest BCUT2D eigenvalue weighted by Gasteiger charge is 2.16. The summed E-state index contributed by atoms with van der Waals surface area (Å²) >= 11 is 5.20. The van der Waals surface area contributed by atoms with Crippen molar-refractivity contribution in [3.05, 3.63) is 29.6 Å². The van der Waals surface area contributed by atoms with Crippen molar-refractivity contribution in [2.24, 2.45) is 5.10 Å². The molecule has 1 heterocycles. The zero-order valence-corrected chi connectivity index (χ0v) is 17.4. The maximum Gasteiger partial charge on any atom is 0.305 e. The molecule has 0 amide bonds. The molecule has 2 N–H and O–H groups in total. The first kappa shape index (κ1) is 22.1. The van der Waals surface area contributed by atoms with Gasteiger partial charge in [-0.15, -0.1) is 0 Å². The normalized spacial score (nSPS) is 14.1. The molecule has 154 valence electrons. The number of methoxy groups -OCH3 is 1. The van der Waals surface area contributed by atoms with Crippen LogP contribution in [0.4, 0.5) is 10.1 Å². The van der Waals surface area contributed by atoms with Gasteiger partial charge in [-0.1, -0.05) is 12.5 Å². The van der Waals surface area contributed by atoms with Crippen LogP contribution in [0.1, 0.15) is 51.0 Å². The van der Waals surface area contributed by atoms with Gasteiger partial charge in [0.1, 0.15) is 5.82 Å². The van der Waals surface area contributed by atoms with Gasteiger partial charge in [-0.05, 0) is 57.0 Å². The average molecular weight is 409 g/mol. The van der Waals surface area contributed by atoms with Crippen LogP contribution in [0, 0.1) is 5.82 Å². The van der Waals surface area contributed by atoms with Crippen molar-refractivity contribution in [2.75, 3.05) is 31.6 Å². The van der Waals surface area contributed by atoms with E-state index in [1.165, 1.54) is 13.2 Å². The Morgan fingerprint density at radius 3 is 2.71 bits per heavy atom. The Balaban J connectivity index is 1.73. The standard InChI is InChI=1S/C20H29FN4O2S/c1-15(16-9-10-18(17(21)14-16)25-12-6-7-13-25)23-24-20(28)22-11-5-3-4-8-19(26)27-2/h9-10,14H,3-8,11-13H2,1-2H3,(H2,22,24,28)/b23-15-. The van der Waals surface area contributed by atoms with Gasteiger partial charge in [-0.25, -0.2) is 4.39 Å². The molecule has 0 aliphatic carbocycles. The van der Waals surface area contributed by atoms with Gasteiger partial charge in [0.25, 0.3) is 0 Å². The molecule has 8 heteroatoms. The second-order valence-corrected chi connectivity index (χ2v) is 7.22. The summed E-state index contributed by atoms with van der Waals surface area (Å²) in [5, 5.41) is 7.72. The minimum atomic E-state index is -0.221. The molecule has 1 saturated heterocycles. The smallest absolute Gasteiger partial charge is 0.305 e. The van der Waals surface area contributed by atoms with Crippen LogP contribution in [-0.4, -0.2) is 43.5 Å². The largest absolute Gasteiger partial charge is 0.469 e. The van der Waals surface area contributed by atoms with Crippen LogP contribution in [0.25, 0.3) is 0 Å². The summed E-state index contributed by atoms with van der Waals surface area (Å²) in [5.41, 5.74) is 4.83. The van der Waals surface area contributed by atoms with E-state index in [9.17, 15) is 9.18 Å². The summed E-state index contributed by atoms with van der Waals surface area (Å²) in [6.07, 6.45) is 5.27. The van der Waals surface area contributed by atoms with Crippen molar-refractivity contribution in [1.82, 2.24) is 10.7 Å². The molecule has 1 aromatic rings. The minimum Gasteiger partial charge on any atom is -0.469 e. The molecule has 0 atom stereocenters. The number of rotatable bonds is 9. The predicted octanol–water partition coefficient (Wildman–Crippen LogP) is 3.35. The first-order valence-corrected chi connectivity index (χ1v) is 10.1. The number of nitrogens with one attached hydrogen (secondary N) is 2. The van der Waals surface area contributed by atoms with Gasteiger partial charge in [-0.2, -0.15) is 5.10 Å².